The van der Waals surface area contributed by atoms with Gasteiger partial charge in [-0.3, -0.25) is 4.79 Å². The fraction of sp³-hybridized carbons (Fsp3) is 0.391. The van der Waals surface area contributed by atoms with Crippen LogP contribution in [0.5, 0.6) is 5.75 Å². The Morgan fingerprint density at radius 1 is 1.33 bits per heavy atom. The SMILES string of the molecule is CCNc1nc(Nc2ccc(C(=O)NC3CCN(C)CC3)cc2OC)nc2[nH]cc(C#N)c12. The van der Waals surface area contributed by atoms with Crippen LogP contribution in [0.15, 0.2) is 24.4 Å². The molecule has 1 aliphatic rings. The van der Waals surface area contributed by atoms with Gasteiger partial charge in [0, 0.05) is 24.3 Å². The number of rotatable bonds is 7. The second kappa shape index (κ2) is 9.75. The van der Waals surface area contributed by atoms with Crippen LogP contribution >= 0.6 is 0 Å². The molecule has 33 heavy (non-hydrogen) atoms. The van der Waals surface area contributed by atoms with Gasteiger partial charge < -0.3 is 30.6 Å². The fourth-order valence-electron chi connectivity index (χ4n) is 3.95. The van der Waals surface area contributed by atoms with Crippen LogP contribution in [0.2, 0.25) is 0 Å². The number of aromatic nitrogens is 3. The van der Waals surface area contributed by atoms with Crippen LogP contribution in [0.3, 0.4) is 0 Å². The normalized spacial score (nSPS) is 14.6. The zero-order valence-corrected chi connectivity index (χ0v) is 19.0. The average molecular weight is 449 g/mol. The number of hydrogen-bond acceptors (Lipinski definition) is 8. The molecule has 3 aromatic rings. The van der Waals surface area contributed by atoms with E-state index in [1.54, 1.807) is 31.5 Å². The summed E-state index contributed by atoms with van der Waals surface area (Å²) >= 11 is 0. The summed E-state index contributed by atoms with van der Waals surface area (Å²) in [6, 6.07) is 7.57. The Morgan fingerprint density at radius 2 is 2.12 bits per heavy atom. The van der Waals surface area contributed by atoms with E-state index in [0.29, 0.717) is 51.9 Å². The average Bonchev–Trinajstić information content (AvgIpc) is 3.24. The van der Waals surface area contributed by atoms with E-state index in [1.165, 1.54) is 0 Å². The number of hydrogen-bond donors (Lipinski definition) is 4. The Kier molecular flexibility index (Phi) is 6.60. The monoisotopic (exact) mass is 448 g/mol. The lowest BCUT2D eigenvalue weighted by Gasteiger charge is -2.29. The van der Waals surface area contributed by atoms with Crippen molar-refractivity contribution in [2.75, 3.05) is 44.4 Å². The summed E-state index contributed by atoms with van der Waals surface area (Å²) in [5.41, 5.74) is 2.18. The highest BCUT2D eigenvalue weighted by molar-refractivity contribution is 5.96. The summed E-state index contributed by atoms with van der Waals surface area (Å²) in [6.07, 6.45) is 3.50. The number of aromatic amines is 1. The van der Waals surface area contributed by atoms with Crippen molar-refractivity contribution >= 4 is 34.4 Å². The summed E-state index contributed by atoms with van der Waals surface area (Å²) in [5.74, 6) is 1.29. The van der Waals surface area contributed by atoms with Crippen LogP contribution in [0.25, 0.3) is 11.0 Å². The fourth-order valence-corrected chi connectivity index (χ4v) is 3.95. The van der Waals surface area contributed by atoms with E-state index in [-0.39, 0.29) is 11.9 Å². The zero-order valence-electron chi connectivity index (χ0n) is 19.0. The van der Waals surface area contributed by atoms with Crippen LogP contribution in [0, 0.1) is 11.3 Å². The number of carbonyl (C=O) groups excluding carboxylic acids is 1. The molecule has 0 spiro atoms. The molecule has 4 N–H and O–H groups in total. The molecule has 1 aromatic carbocycles. The molecule has 0 aliphatic carbocycles. The summed E-state index contributed by atoms with van der Waals surface area (Å²) < 4.78 is 5.53. The number of carbonyl (C=O) groups is 1. The Labute approximate surface area is 192 Å². The maximum atomic E-state index is 12.8. The van der Waals surface area contributed by atoms with E-state index in [2.05, 4.69) is 48.9 Å². The van der Waals surface area contributed by atoms with Crippen LogP contribution in [0.1, 0.15) is 35.7 Å². The molecule has 4 rings (SSSR count). The molecular weight excluding hydrogens is 420 g/mol. The number of nitrogens with one attached hydrogen (secondary N) is 4. The number of nitriles is 1. The molecule has 1 amide bonds. The maximum absolute atomic E-state index is 12.8. The second-order valence-corrected chi connectivity index (χ2v) is 8.05. The Balaban J connectivity index is 1.55. The predicted octanol–water partition coefficient (Wildman–Crippen LogP) is 2.84. The molecule has 1 saturated heterocycles. The van der Waals surface area contributed by atoms with E-state index in [9.17, 15) is 10.1 Å². The van der Waals surface area contributed by atoms with Gasteiger partial charge in [-0.15, -0.1) is 0 Å². The van der Waals surface area contributed by atoms with Crippen molar-refractivity contribution in [3.63, 3.8) is 0 Å². The van der Waals surface area contributed by atoms with Gasteiger partial charge >= 0.3 is 0 Å². The molecule has 0 unspecified atom stereocenters. The molecule has 10 heteroatoms. The molecule has 0 atom stereocenters. The highest BCUT2D eigenvalue weighted by Gasteiger charge is 2.20. The van der Waals surface area contributed by atoms with Gasteiger partial charge in [-0.1, -0.05) is 0 Å². The summed E-state index contributed by atoms with van der Waals surface area (Å²) in [7, 11) is 3.65. The second-order valence-electron chi connectivity index (χ2n) is 8.05. The molecule has 1 fully saturated rings. The standard InChI is InChI=1S/C23H28N8O2/c1-4-25-20-19-15(12-24)13-26-21(19)30-23(29-20)28-17-6-5-14(11-18(17)33-3)22(32)27-16-7-9-31(2)10-8-16/h5-6,11,13,16H,4,7-10H2,1-3H3,(H,27,32)(H3,25,26,28,29,30). The molecule has 1 aliphatic heterocycles. The van der Waals surface area contributed by atoms with Gasteiger partial charge in [0.05, 0.1) is 23.7 Å². The van der Waals surface area contributed by atoms with Gasteiger partial charge in [-0.25, -0.2) is 0 Å². The molecule has 3 heterocycles. The van der Waals surface area contributed by atoms with E-state index >= 15 is 0 Å². The maximum Gasteiger partial charge on any atom is 0.251 e. The van der Waals surface area contributed by atoms with Crippen LogP contribution in [0.4, 0.5) is 17.5 Å². The third-order valence-electron chi connectivity index (χ3n) is 5.76. The van der Waals surface area contributed by atoms with Gasteiger partial charge in [-0.2, -0.15) is 15.2 Å². The van der Waals surface area contributed by atoms with Crippen molar-refractivity contribution in [2.45, 2.75) is 25.8 Å². The number of piperidine rings is 1. The number of ether oxygens (including phenoxy) is 1. The first kappa shape index (κ1) is 22.4. The first-order chi connectivity index (χ1) is 16.0. The first-order valence-electron chi connectivity index (χ1n) is 11.0. The minimum Gasteiger partial charge on any atom is -0.495 e. The summed E-state index contributed by atoms with van der Waals surface area (Å²) in [6.45, 7) is 4.56. The van der Waals surface area contributed by atoms with Crippen molar-refractivity contribution in [3.8, 4) is 11.8 Å². The first-order valence-corrected chi connectivity index (χ1v) is 11.0. The lowest BCUT2D eigenvalue weighted by molar-refractivity contribution is 0.0916. The third kappa shape index (κ3) is 4.83. The number of likely N-dealkylation sites (tertiary alicyclic amines) is 1. The molecule has 0 saturated carbocycles. The van der Waals surface area contributed by atoms with Gasteiger partial charge in [0.1, 0.15) is 23.3 Å². The molecule has 0 bridgehead atoms. The lowest BCUT2D eigenvalue weighted by Crippen LogP contribution is -2.43. The molecule has 0 radical (unpaired) electrons. The smallest absolute Gasteiger partial charge is 0.251 e. The quantitative estimate of drug-likeness (QED) is 0.434. The lowest BCUT2D eigenvalue weighted by atomic mass is 10.0. The Hall–Kier alpha value is -3.84. The third-order valence-corrected chi connectivity index (χ3v) is 5.76. The van der Waals surface area contributed by atoms with Gasteiger partial charge in [0.2, 0.25) is 5.95 Å². The van der Waals surface area contributed by atoms with Gasteiger partial charge in [-0.05, 0) is 58.1 Å². The van der Waals surface area contributed by atoms with Crippen LogP contribution in [-0.2, 0) is 0 Å². The largest absolute Gasteiger partial charge is 0.495 e. The molecule has 172 valence electrons. The molecule has 2 aromatic heterocycles. The number of anilines is 3. The topological polar surface area (TPSA) is 131 Å². The Bertz CT molecular complexity index is 1190. The number of fused-ring (bicyclic) bond motifs is 1. The minimum atomic E-state index is -0.114. The molecular formula is C23H28N8O2. The number of amides is 1. The predicted molar refractivity (Wildman–Crippen MR) is 127 cm³/mol. The van der Waals surface area contributed by atoms with E-state index < -0.39 is 0 Å². The summed E-state index contributed by atoms with van der Waals surface area (Å²) in [5, 5.41) is 19.5. The van der Waals surface area contributed by atoms with Crippen molar-refractivity contribution in [2.24, 2.45) is 0 Å². The molecule has 10 nitrogen and oxygen atoms in total. The zero-order chi connectivity index (χ0) is 23.4. The van der Waals surface area contributed by atoms with Crippen molar-refractivity contribution in [1.29, 1.82) is 5.26 Å². The number of nitrogens with zero attached hydrogens (tertiary/aromatic N) is 4. The van der Waals surface area contributed by atoms with Crippen molar-refractivity contribution in [1.82, 2.24) is 25.2 Å². The van der Waals surface area contributed by atoms with Crippen LogP contribution < -0.4 is 20.7 Å². The number of H-pyrrole nitrogens is 1. The van der Waals surface area contributed by atoms with Crippen molar-refractivity contribution < 1.29 is 9.53 Å². The van der Waals surface area contributed by atoms with Gasteiger partial charge in [0.25, 0.3) is 5.91 Å². The highest BCUT2D eigenvalue weighted by atomic mass is 16.5. The van der Waals surface area contributed by atoms with Crippen LogP contribution in [-0.4, -0.2) is 65.6 Å². The van der Waals surface area contributed by atoms with Gasteiger partial charge in [0.15, 0.2) is 0 Å². The van der Waals surface area contributed by atoms with E-state index in [0.717, 1.165) is 25.9 Å². The van der Waals surface area contributed by atoms with Crippen molar-refractivity contribution in [3.05, 3.63) is 35.5 Å². The number of benzene rings is 1. The van der Waals surface area contributed by atoms with E-state index in [4.69, 9.17) is 4.74 Å². The minimum absolute atomic E-state index is 0.114. The highest BCUT2D eigenvalue weighted by Crippen LogP contribution is 2.30. The summed E-state index contributed by atoms with van der Waals surface area (Å²) in [4.78, 5) is 27.1. The van der Waals surface area contributed by atoms with E-state index in [1.807, 2.05) is 6.92 Å². The Morgan fingerprint density at radius 3 is 2.82 bits per heavy atom. The number of methoxy groups -OCH3 is 1.